The highest BCUT2D eigenvalue weighted by atomic mass is 15.4. The molecule has 2 nitrogen and oxygen atoms in total. The number of rotatable bonds is 7. The fourth-order valence-electron chi connectivity index (χ4n) is 7.33. The lowest BCUT2D eigenvalue weighted by Gasteiger charge is -2.45. The van der Waals surface area contributed by atoms with Gasteiger partial charge in [0.15, 0.2) is 0 Å². The van der Waals surface area contributed by atoms with E-state index in [9.17, 15) is 0 Å². The molecule has 4 atom stereocenters. The average molecular weight is 513 g/mol. The predicted molar refractivity (Wildman–Crippen MR) is 163 cm³/mol. The summed E-state index contributed by atoms with van der Waals surface area (Å²) in [5, 5.41) is 0. The zero-order valence-electron chi connectivity index (χ0n) is 25.2. The van der Waals surface area contributed by atoms with Gasteiger partial charge in [0, 0.05) is 11.3 Å². The minimum Gasteiger partial charge on any atom is -0.326 e. The molecule has 1 aliphatic rings. The Balaban J connectivity index is 1.82. The first-order valence-electron chi connectivity index (χ1n) is 14.6. The molecular weight excluding hydrogens is 460 g/mol. The number of likely N-dealkylation sites (N-methyl/N-ethyl adjacent to an activating group) is 2. The van der Waals surface area contributed by atoms with Crippen molar-refractivity contribution in [3.05, 3.63) is 108 Å². The van der Waals surface area contributed by atoms with Crippen molar-refractivity contribution in [2.45, 2.75) is 51.9 Å². The van der Waals surface area contributed by atoms with Crippen LogP contribution in [0.5, 0.6) is 0 Å². The summed E-state index contributed by atoms with van der Waals surface area (Å²) >= 11 is 0. The van der Waals surface area contributed by atoms with Crippen molar-refractivity contribution in [1.29, 1.82) is 0 Å². The molecule has 0 spiro atoms. The Hall–Kier alpha value is -2.42. The first kappa shape index (κ1) is 28.6. The Labute approximate surface area is 233 Å². The molecule has 1 saturated heterocycles. The van der Waals surface area contributed by atoms with E-state index in [4.69, 9.17) is 0 Å². The molecule has 2 heteroatoms. The molecule has 3 aromatic rings. The van der Waals surface area contributed by atoms with Gasteiger partial charge >= 0.3 is 0 Å². The fourth-order valence-corrected chi connectivity index (χ4v) is 7.33. The van der Waals surface area contributed by atoms with Gasteiger partial charge in [-0.3, -0.25) is 0 Å². The topological polar surface area (TPSA) is 0 Å². The summed E-state index contributed by atoms with van der Waals surface area (Å²) in [7, 11) is 9.59. The first-order chi connectivity index (χ1) is 17.9. The SMILES string of the molecule is CC1(Cc2ccccc2)CC(c2ccccc2)C(C)(C)CC(c2ccccc2)C[N+](C)(CC[N+](C)(C)C)C1. The van der Waals surface area contributed by atoms with Crippen molar-refractivity contribution in [3.63, 3.8) is 0 Å². The summed E-state index contributed by atoms with van der Waals surface area (Å²) in [5.41, 5.74) is 4.84. The first-order valence-corrected chi connectivity index (χ1v) is 14.6. The Morgan fingerprint density at radius 2 is 1.26 bits per heavy atom. The number of benzene rings is 3. The maximum atomic E-state index is 2.59. The van der Waals surface area contributed by atoms with Crippen molar-refractivity contribution < 1.29 is 8.97 Å². The van der Waals surface area contributed by atoms with Gasteiger partial charge in [-0.15, -0.1) is 0 Å². The van der Waals surface area contributed by atoms with Crippen LogP contribution in [0, 0.1) is 10.8 Å². The minimum atomic E-state index is 0.176. The normalized spacial score (nSPS) is 28.2. The van der Waals surface area contributed by atoms with Crippen LogP contribution in [-0.2, 0) is 6.42 Å². The van der Waals surface area contributed by atoms with E-state index in [0.717, 1.165) is 15.4 Å². The molecule has 0 bridgehead atoms. The molecule has 0 aliphatic carbocycles. The van der Waals surface area contributed by atoms with E-state index in [1.807, 2.05) is 0 Å². The molecule has 0 aromatic heterocycles. The second-order valence-electron chi connectivity index (χ2n) is 14.6. The quantitative estimate of drug-likeness (QED) is 0.284. The van der Waals surface area contributed by atoms with E-state index in [1.54, 1.807) is 0 Å². The van der Waals surface area contributed by atoms with Gasteiger partial charge in [-0.05, 0) is 47.3 Å². The highest BCUT2D eigenvalue weighted by Gasteiger charge is 2.46. The maximum Gasteiger partial charge on any atom is 0.128 e. The predicted octanol–water partition coefficient (Wildman–Crippen LogP) is 7.78. The molecule has 1 heterocycles. The van der Waals surface area contributed by atoms with E-state index < -0.39 is 0 Å². The summed E-state index contributed by atoms with van der Waals surface area (Å²) in [6.45, 7) is 12.5. The molecular formula is C36H52N2+2. The zero-order valence-corrected chi connectivity index (χ0v) is 25.2. The summed E-state index contributed by atoms with van der Waals surface area (Å²) in [6.07, 6.45) is 3.54. The molecule has 204 valence electrons. The lowest BCUT2D eigenvalue weighted by Crippen LogP contribution is -2.57. The number of quaternary nitrogens is 2. The molecule has 3 aromatic carbocycles. The Morgan fingerprint density at radius 1 is 0.737 bits per heavy atom. The van der Waals surface area contributed by atoms with Crippen LogP contribution >= 0.6 is 0 Å². The standard InChI is InChI=1S/C36H52N2/c1-35(2)26-33(31-19-13-9-14-20-31)28-38(7,24-23-37(4,5)6)29-36(3,25-30-17-11-8-12-18-30)27-34(35)32-21-15-10-16-22-32/h8-22,33-34H,23-29H2,1-7H3/q+2. The van der Waals surface area contributed by atoms with Gasteiger partial charge in [-0.25, -0.2) is 0 Å². The smallest absolute Gasteiger partial charge is 0.128 e. The summed E-state index contributed by atoms with van der Waals surface area (Å²) in [4.78, 5) is 0. The van der Waals surface area contributed by atoms with Crippen LogP contribution in [-0.4, -0.2) is 63.3 Å². The van der Waals surface area contributed by atoms with Gasteiger partial charge in [0.1, 0.15) is 13.1 Å². The van der Waals surface area contributed by atoms with Crippen molar-refractivity contribution in [2.24, 2.45) is 10.8 Å². The molecule has 0 saturated carbocycles. The third-order valence-electron chi connectivity index (χ3n) is 9.09. The van der Waals surface area contributed by atoms with Gasteiger partial charge in [0.05, 0.1) is 41.3 Å². The molecule has 4 unspecified atom stereocenters. The van der Waals surface area contributed by atoms with Gasteiger partial charge in [-0.1, -0.05) is 112 Å². The lowest BCUT2D eigenvalue weighted by molar-refractivity contribution is -0.953. The van der Waals surface area contributed by atoms with E-state index in [2.05, 4.69) is 140 Å². The largest absolute Gasteiger partial charge is 0.326 e. The van der Waals surface area contributed by atoms with E-state index in [-0.39, 0.29) is 10.8 Å². The van der Waals surface area contributed by atoms with E-state index in [1.165, 1.54) is 55.7 Å². The molecule has 4 rings (SSSR count). The second kappa shape index (κ2) is 11.4. The monoisotopic (exact) mass is 512 g/mol. The molecule has 0 amide bonds. The van der Waals surface area contributed by atoms with Gasteiger partial charge in [0.2, 0.25) is 0 Å². The van der Waals surface area contributed by atoms with Crippen LogP contribution in [0.15, 0.2) is 91.0 Å². The third kappa shape index (κ3) is 7.58. The van der Waals surface area contributed by atoms with Crippen molar-refractivity contribution in [3.8, 4) is 0 Å². The average Bonchev–Trinajstić information content (AvgIpc) is 2.89. The maximum absolute atomic E-state index is 2.59. The van der Waals surface area contributed by atoms with Crippen LogP contribution < -0.4 is 0 Å². The highest BCUT2D eigenvalue weighted by molar-refractivity contribution is 5.26. The second-order valence-corrected chi connectivity index (χ2v) is 14.6. The molecule has 1 fully saturated rings. The van der Waals surface area contributed by atoms with Crippen molar-refractivity contribution >= 4 is 0 Å². The van der Waals surface area contributed by atoms with Crippen molar-refractivity contribution in [1.82, 2.24) is 0 Å². The Kier molecular flexibility index (Phi) is 8.55. The fraction of sp³-hybridized carbons (Fsp3) is 0.500. The zero-order chi connectivity index (χ0) is 27.4. The van der Waals surface area contributed by atoms with Crippen molar-refractivity contribution in [2.75, 3.05) is 54.4 Å². The summed E-state index contributed by atoms with van der Waals surface area (Å²) in [6, 6.07) is 34.1. The molecule has 0 N–H and O–H groups in total. The lowest BCUT2D eigenvalue weighted by atomic mass is 9.63. The van der Waals surface area contributed by atoms with E-state index >= 15 is 0 Å². The summed E-state index contributed by atoms with van der Waals surface area (Å²) in [5.74, 6) is 1.04. The van der Waals surface area contributed by atoms with Gasteiger partial charge < -0.3 is 8.97 Å². The van der Waals surface area contributed by atoms with Crippen LogP contribution in [0.3, 0.4) is 0 Å². The molecule has 0 radical (unpaired) electrons. The third-order valence-corrected chi connectivity index (χ3v) is 9.09. The molecule has 1 aliphatic heterocycles. The highest BCUT2D eigenvalue weighted by Crippen LogP contribution is 2.51. The van der Waals surface area contributed by atoms with Gasteiger partial charge in [-0.2, -0.15) is 0 Å². The van der Waals surface area contributed by atoms with Crippen LogP contribution in [0.4, 0.5) is 0 Å². The van der Waals surface area contributed by atoms with Crippen LogP contribution in [0.25, 0.3) is 0 Å². The Bertz CT molecular complexity index is 1130. The van der Waals surface area contributed by atoms with Crippen LogP contribution in [0.1, 0.15) is 62.1 Å². The number of nitrogens with zero attached hydrogens (tertiary/aromatic N) is 2. The number of hydrogen-bond donors (Lipinski definition) is 0. The molecule has 38 heavy (non-hydrogen) atoms. The van der Waals surface area contributed by atoms with Gasteiger partial charge in [0.25, 0.3) is 0 Å². The summed E-state index contributed by atoms with van der Waals surface area (Å²) < 4.78 is 2.13. The van der Waals surface area contributed by atoms with E-state index in [0.29, 0.717) is 11.8 Å². The van der Waals surface area contributed by atoms with Crippen LogP contribution in [0.2, 0.25) is 0 Å². The Morgan fingerprint density at radius 3 is 1.82 bits per heavy atom. The minimum absolute atomic E-state index is 0.176. The number of hydrogen-bond acceptors (Lipinski definition) is 0.